The van der Waals surface area contributed by atoms with Crippen molar-refractivity contribution in [3.63, 3.8) is 0 Å². The Kier molecular flexibility index (Phi) is 6.13. The quantitative estimate of drug-likeness (QED) is 0.536. The van der Waals surface area contributed by atoms with Gasteiger partial charge in [0.25, 0.3) is 23.6 Å². The van der Waals surface area contributed by atoms with Crippen molar-refractivity contribution in [1.82, 2.24) is 9.80 Å². The van der Waals surface area contributed by atoms with Crippen molar-refractivity contribution >= 4 is 23.6 Å². The van der Waals surface area contributed by atoms with E-state index in [0.717, 1.165) is 4.90 Å². The molecule has 0 radical (unpaired) electrons. The first-order valence-corrected chi connectivity index (χ1v) is 11.9. The molecule has 2 heterocycles. The molecule has 2 aliphatic heterocycles. The molecule has 0 fully saturated rings. The van der Waals surface area contributed by atoms with E-state index in [4.69, 9.17) is 4.74 Å². The van der Waals surface area contributed by atoms with Crippen molar-refractivity contribution in [2.24, 2.45) is 0 Å². The first-order valence-electron chi connectivity index (χ1n) is 11.9. The summed E-state index contributed by atoms with van der Waals surface area (Å²) in [5.74, 6) is -0.684. The number of fused-ring (bicyclic) bond motifs is 1. The summed E-state index contributed by atoms with van der Waals surface area (Å²) in [5.41, 5.74) is 0.755. The van der Waals surface area contributed by atoms with Crippen LogP contribution in [0.5, 0.6) is 11.5 Å². The van der Waals surface area contributed by atoms with Gasteiger partial charge in [0.05, 0.1) is 23.2 Å². The van der Waals surface area contributed by atoms with Crippen LogP contribution in [0.15, 0.2) is 54.6 Å². The van der Waals surface area contributed by atoms with Crippen LogP contribution < -0.4 is 4.74 Å². The second-order valence-electron chi connectivity index (χ2n) is 10.1. The monoisotopic (exact) mass is 474 g/mol. The van der Waals surface area contributed by atoms with Crippen molar-refractivity contribution < 1.29 is 23.9 Å². The van der Waals surface area contributed by atoms with Gasteiger partial charge < -0.3 is 4.74 Å². The van der Waals surface area contributed by atoms with Crippen LogP contribution in [-0.2, 0) is 15.0 Å². The molecule has 0 spiro atoms. The zero-order valence-corrected chi connectivity index (χ0v) is 20.8. The Labute approximate surface area is 205 Å². The molecule has 0 saturated heterocycles. The largest absolute Gasteiger partial charge is 0.457 e. The van der Waals surface area contributed by atoms with E-state index in [1.165, 1.54) is 22.6 Å². The molecule has 0 aromatic heterocycles. The zero-order valence-electron chi connectivity index (χ0n) is 20.8. The number of carbonyl (C=O) groups excluding carboxylic acids is 4. The van der Waals surface area contributed by atoms with E-state index >= 15 is 0 Å². The average molecular weight is 475 g/mol. The molecule has 0 N–H and O–H groups in total. The van der Waals surface area contributed by atoms with Crippen LogP contribution in [-0.4, -0.2) is 45.5 Å². The molecule has 0 bridgehead atoms. The molecule has 7 nitrogen and oxygen atoms in total. The molecular weight excluding hydrogens is 444 g/mol. The Morgan fingerprint density at radius 1 is 0.743 bits per heavy atom. The lowest BCUT2D eigenvalue weighted by Crippen LogP contribution is -2.58. The Hall–Kier alpha value is -3.74. The number of amides is 4. The molecular formula is C28H30N2O5. The maximum absolute atomic E-state index is 13.3. The number of carbonyl (C=O) groups is 4. The number of hydrogen-bond donors (Lipinski definition) is 0. The number of nitrogens with zero attached hydrogens (tertiary/aromatic N) is 2. The summed E-state index contributed by atoms with van der Waals surface area (Å²) in [6, 6.07) is 12.6. The predicted octanol–water partition coefficient (Wildman–Crippen LogP) is 4.86. The minimum Gasteiger partial charge on any atom is -0.457 e. The smallest absolute Gasteiger partial charge is 0.261 e. The summed E-state index contributed by atoms with van der Waals surface area (Å²) in [6.07, 6.45) is 3.27. The Balaban J connectivity index is 1.57. The van der Waals surface area contributed by atoms with E-state index in [0.29, 0.717) is 24.3 Å². The van der Waals surface area contributed by atoms with Crippen LogP contribution in [0.4, 0.5) is 0 Å². The van der Waals surface area contributed by atoms with Gasteiger partial charge in [-0.3, -0.25) is 29.0 Å². The van der Waals surface area contributed by atoms with Gasteiger partial charge in [-0.15, -0.1) is 0 Å². The van der Waals surface area contributed by atoms with Gasteiger partial charge in [-0.05, 0) is 54.2 Å². The van der Waals surface area contributed by atoms with E-state index in [2.05, 4.69) is 20.8 Å². The summed E-state index contributed by atoms with van der Waals surface area (Å²) in [5, 5.41) is 0. The molecule has 4 rings (SSSR count). The Morgan fingerprint density at radius 3 is 1.83 bits per heavy atom. The fraction of sp³-hybridized carbons (Fsp3) is 0.357. The maximum Gasteiger partial charge on any atom is 0.261 e. The molecule has 2 aliphatic rings. The van der Waals surface area contributed by atoms with Gasteiger partial charge in [0.2, 0.25) is 0 Å². The highest BCUT2D eigenvalue weighted by Gasteiger charge is 2.47. The second kappa shape index (κ2) is 8.80. The van der Waals surface area contributed by atoms with Crippen LogP contribution in [0, 0.1) is 0 Å². The summed E-state index contributed by atoms with van der Waals surface area (Å²) in [6.45, 7) is 10.0. The first-order chi connectivity index (χ1) is 16.5. The highest BCUT2D eigenvalue weighted by Crippen LogP contribution is 2.34. The van der Waals surface area contributed by atoms with Gasteiger partial charge in [0.1, 0.15) is 11.5 Å². The third-order valence-corrected chi connectivity index (χ3v) is 6.95. The third kappa shape index (κ3) is 4.27. The molecule has 0 saturated carbocycles. The molecule has 35 heavy (non-hydrogen) atoms. The summed E-state index contributed by atoms with van der Waals surface area (Å²) >= 11 is 0. The standard InChI is InChI=1S/C28H30N2O5/c1-6-28(7-2,30-23(31)14-15-24(30)32)17-29-25(33)21-13-12-20(16-22(21)26(29)34)35-19-10-8-18(9-11-19)27(3,4)5/h8-16H,6-7,17H2,1-5H3. The molecule has 7 heteroatoms. The lowest BCUT2D eigenvalue weighted by Gasteiger charge is -2.41. The van der Waals surface area contributed by atoms with Crippen molar-refractivity contribution in [3.8, 4) is 11.5 Å². The highest BCUT2D eigenvalue weighted by molar-refractivity contribution is 6.21. The van der Waals surface area contributed by atoms with Crippen molar-refractivity contribution in [2.75, 3.05) is 6.54 Å². The summed E-state index contributed by atoms with van der Waals surface area (Å²) < 4.78 is 5.95. The van der Waals surface area contributed by atoms with Crippen molar-refractivity contribution in [3.05, 3.63) is 71.3 Å². The lowest BCUT2D eigenvalue weighted by molar-refractivity contribution is -0.145. The molecule has 0 aliphatic carbocycles. The first kappa shape index (κ1) is 24.4. The van der Waals surface area contributed by atoms with Gasteiger partial charge >= 0.3 is 0 Å². The lowest BCUT2D eigenvalue weighted by atomic mass is 9.87. The van der Waals surface area contributed by atoms with Gasteiger partial charge in [-0.2, -0.15) is 0 Å². The predicted molar refractivity (Wildman–Crippen MR) is 131 cm³/mol. The third-order valence-electron chi connectivity index (χ3n) is 6.95. The zero-order chi connectivity index (χ0) is 25.5. The van der Waals surface area contributed by atoms with E-state index in [-0.39, 0.29) is 23.1 Å². The summed E-state index contributed by atoms with van der Waals surface area (Å²) in [4.78, 5) is 53.6. The number of hydrogen-bond acceptors (Lipinski definition) is 5. The Bertz CT molecular complexity index is 1210. The highest BCUT2D eigenvalue weighted by atomic mass is 16.5. The van der Waals surface area contributed by atoms with Gasteiger partial charge in [-0.25, -0.2) is 0 Å². The topological polar surface area (TPSA) is 84.0 Å². The normalized spacial score (nSPS) is 15.9. The van der Waals surface area contributed by atoms with E-state index < -0.39 is 29.2 Å². The van der Waals surface area contributed by atoms with E-state index in [9.17, 15) is 19.2 Å². The number of benzene rings is 2. The number of rotatable bonds is 7. The van der Waals surface area contributed by atoms with Crippen LogP contribution in [0.25, 0.3) is 0 Å². The fourth-order valence-electron chi connectivity index (χ4n) is 4.66. The average Bonchev–Trinajstić information content (AvgIpc) is 3.28. The van der Waals surface area contributed by atoms with Crippen LogP contribution in [0.3, 0.4) is 0 Å². The van der Waals surface area contributed by atoms with Crippen molar-refractivity contribution in [2.45, 2.75) is 58.4 Å². The maximum atomic E-state index is 13.3. The summed E-state index contributed by atoms with van der Waals surface area (Å²) in [7, 11) is 0. The van der Waals surface area contributed by atoms with Gasteiger partial charge in [-0.1, -0.05) is 46.8 Å². The molecule has 0 unspecified atom stereocenters. The molecule has 182 valence electrons. The molecule has 2 aromatic carbocycles. The Morgan fingerprint density at radius 2 is 1.29 bits per heavy atom. The SMILES string of the molecule is CCC(CC)(CN1C(=O)c2ccc(Oc3ccc(C(C)(C)C)cc3)cc2C1=O)N1C(=O)C=CC1=O. The van der Waals surface area contributed by atoms with Crippen molar-refractivity contribution in [1.29, 1.82) is 0 Å². The number of ether oxygens (including phenoxy) is 1. The number of imide groups is 2. The minimum atomic E-state index is -0.973. The molecule has 2 aromatic rings. The van der Waals surface area contributed by atoms with E-state index in [1.54, 1.807) is 18.2 Å². The van der Waals surface area contributed by atoms with Gasteiger partial charge in [0, 0.05) is 12.2 Å². The van der Waals surface area contributed by atoms with Crippen LogP contribution >= 0.6 is 0 Å². The fourth-order valence-corrected chi connectivity index (χ4v) is 4.66. The van der Waals surface area contributed by atoms with E-state index in [1.807, 2.05) is 38.1 Å². The van der Waals surface area contributed by atoms with Crippen LogP contribution in [0.2, 0.25) is 0 Å². The minimum absolute atomic E-state index is 0.0227. The molecule has 0 atom stereocenters. The van der Waals surface area contributed by atoms with Crippen LogP contribution in [0.1, 0.15) is 73.7 Å². The second-order valence-corrected chi connectivity index (χ2v) is 10.1. The van der Waals surface area contributed by atoms with Gasteiger partial charge in [0.15, 0.2) is 0 Å². The molecule has 4 amide bonds.